The van der Waals surface area contributed by atoms with Crippen molar-refractivity contribution in [1.82, 2.24) is 9.80 Å². The maximum absolute atomic E-state index is 12.3. The lowest BCUT2D eigenvalue weighted by atomic mass is 10.2. The molecule has 1 aliphatic rings. The minimum atomic E-state index is -0.427. The third-order valence-corrected chi connectivity index (χ3v) is 6.33. The molecule has 0 radical (unpaired) electrons. The highest BCUT2D eigenvalue weighted by Crippen LogP contribution is 2.20. The molecule has 6 heteroatoms. The number of hydrogen-bond donors (Lipinski definition) is 1. The average Bonchev–Trinajstić information content (AvgIpc) is 3.18. The monoisotopic (exact) mass is 376 g/mol. The fourth-order valence-electron chi connectivity index (χ4n) is 2.92. The molecule has 1 amide bonds. The van der Waals surface area contributed by atoms with Crippen molar-refractivity contribution in [1.29, 1.82) is 0 Å². The van der Waals surface area contributed by atoms with Gasteiger partial charge in [0.15, 0.2) is 0 Å². The van der Waals surface area contributed by atoms with Crippen molar-refractivity contribution in [2.24, 2.45) is 0 Å². The Morgan fingerprint density at radius 3 is 2.56 bits per heavy atom. The number of amides is 1. The minimum absolute atomic E-state index is 0.222. The number of thioether (sulfide) groups is 1. The van der Waals surface area contributed by atoms with E-state index in [-0.39, 0.29) is 5.91 Å². The number of carbonyl (C=O) groups is 1. The van der Waals surface area contributed by atoms with Crippen molar-refractivity contribution in [2.45, 2.75) is 11.9 Å². The van der Waals surface area contributed by atoms with Crippen LogP contribution in [-0.4, -0.2) is 59.3 Å². The van der Waals surface area contributed by atoms with E-state index in [1.807, 2.05) is 40.6 Å². The first-order chi connectivity index (χ1) is 12.2. The van der Waals surface area contributed by atoms with Crippen LogP contribution >= 0.6 is 23.1 Å². The molecule has 0 unspecified atom stereocenters. The van der Waals surface area contributed by atoms with Crippen LogP contribution in [0.25, 0.3) is 0 Å². The van der Waals surface area contributed by atoms with Crippen LogP contribution in [0.15, 0.2) is 47.8 Å². The normalized spacial score (nSPS) is 16.8. The van der Waals surface area contributed by atoms with Crippen LogP contribution in [0.3, 0.4) is 0 Å². The molecule has 25 heavy (non-hydrogen) atoms. The topological polar surface area (TPSA) is 43.8 Å². The summed E-state index contributed by atoms with van der Waals surface area (Å²) >= 11 is 3.26. The van der Waals surface area contributed by atoms with Crippen molar-refractivity contribution < 1.29 is 9.90 Å². The van der Waals surface area contributed by atoms with E-state index in [0.29, 0.717) is 12.3 Å². The molecule has 1 aromatic heterocycles. The zero-order valence-electron chi connectivity index (χ0n) is 14.2. The lowest BCUT2D eigenvalue weighted by Crippen LogP contribution is -2.50. The quantitative estimate of drug-likeness (QED) is 0.807. The fraction of sp³-hybridized carbons (Fsp3) is 0.421. The number of rotatable bonds is 7. The molecule has 2 heterocycles. The van der Waals surface area contributed by atoms with Gasteiger partial charge >= 0.3 is 0 Å². The van der Waals surface area contributed by atoms with Gasteiger partial charge in [-0.2, -0.15) is 0 Å². The molecule has 3 rings (SSSR count). The van der Waals surface area contributed by atoms with Crippen LogP contribution in [-0.2, 0) is 10.5 Å². The van der Waals surface area contributed by atoms with E-state index in [2.05, 4.69) is 17.0 Å². The van der Waals surface area contributed by atoms with Crippen LogP contribution in [0.4, 0.5) is 0 Å². The highest BCUT2D eigenvalue weighted by atomic mass is 32.2. The van der Waals surface area contributed by atoms with Crippen molar-refractivity contribution in [3.8, 4) is 0 Å². The Morgan fingerprint density at radius 2 is 1.88 bits per heavy atom. The summed E-state index contributed by atoms with van der Waals surface area (Å²) < 4.78 is 0. The first-order valence-corrected chi connectivity index (χ1v) is 10.6. The van der Waals surface area contributed by atoms with E-state index in [1.165, 1.54) is 5.56 Å². The second kappa shape index (κ2) is 9.38. The molecule has 0 bridgehead atoms. The summed E-state index contributed by atoms with van der Waals surface area (Å²) in [4.78, 5) is 17.5. The SMILES string of the molecule is O=C(CSCc1ccccc1)N1CCN(C[C@@H](O)c2cccs2)CC1. The summed E-state index contributed by atoms with van der Waals surface area (Å²) in [6.45, 7) is 3.81. The van der Waals surface area contributed by atoms with E-state index in [0.717, 1.165) is 36.8 Å². The number of benzene rings is 1. The number of hydrogen-bond acceptors (Lipinski definition) is 5. The van der Waals surface area contributed by atoms with Crippen molar-refractivity contribution in [2.75, 3.05) is 38.5 Å². The van der Waals surface area contributed by atoms with Gasteiger partial charge in [0.05, 0.1) is 5.75 Å². The summed E-state index contributed by atoms with van der Waals surface area (Å²) in [5, 5.41) is 12.2. The molecule has 1 N–H and O–H groups in total. The number of aliphatic hydroxyl groups is 1. The fourth-order valence-corrected chi connectivity index (χ4v) is 4.51. The molecule has 1 fully saturated rings. The second-order valence-electron chi connectivity index (χ2n) is 6.19. The Balaban J connectivity index is 1.36. The lowest BCUT2D eigenvalue weighted by Gasteiger charge is -2.35. The van der Waals surface area contributed by atoms with Gasteiger partial charge in [0, 0.05) is 43.4 Å². The Bertz CT molecular complexity index is 641. The Hall–Kier alpha value is -1.34. The molecule has 1 atom stereocenters. The number of piperazine rings is 1. The molecule has 1 saturated heterocycles. The van der Waals surface area contributed by atoms with Gasteiger partial charge in [-0.25, -0.2) is 0 Å². The largest absolute Gasteiger partial charge is 0.386 e. The molecule has 0 saturated carbocycles. The average molecular weight is 377 g/mol. The van der Waals surface area contributed by atoms with Crippen molar-refractivity contribution in [3.63, 3.8) is 0 Å². The molecule has 134 valence electrons. The summed E-state index contributed by atoms with van der Waals surface area (Å²) in [5.41, 5.74) is 1.26. The molecule has 0 spiro atoms. The Labute approximate surface area is 157 Å². The first kappa shape index (κ1) is 18.5. The first-order valence-electron chi connectivity index (χ1n) is 8.55. The Kier molecular flexibility index (Phi) is 6.93. The van der Waals surface area contributed by atoms with Gasteiger partial charge in [0.25, 0.3) is 0 Å². The van der Waals surface area contributed by atoms with Crippen molar-refractivity contribution >= 4 is 29.0 Å². The number of β-amino-alcohol motifs (C(OH)–C–C–N with tert-alkyl or cyclic N) is 1. The summed E-state index contributed by atoms with van der Waals surface area (Å²) in [5.74, 6) is 1.63. The summed E-state index contributed by atoms with van der Waals surface area (Å²) in [6, 6.07) is 14.2. The number of carbonyl (C=O) groups excluding carboxylic acids is 1. The van der Waals surface area contributed by atoms with Gasteiger partial charge in [0.2, 0.25) is 5.91 Å². The number of aliphatic hydroxyl groups excluding tert-OH is 1. The molecular weight excluding hydrogens is 352 g/mol. The lowest BCUT2D eigenvalue weighted by molar-refractivity contribution is -0.130. The molecule has 1 aromatic carbocycles. The molecular formula is C19H24N2O2S2. The Morgan fingerprint density at radius 1 is 1.12 bits per heavy atom. The highest BCUT2D eigenvalue weighted by molar-refractivity contribution is 7.99. The van der Waals surface area contributed by atoms with Gasteiger partial charge in [-0.15, -0.1) is 23.1 Å². The smallest absolute Gasteiger partial charge is 0.232 e. The zero-order valence-corrected chi connectivity index (χ0v) is 15.8. The van der Waals surface area contributed by atoms with Gasteiger partial charge in [-0.1, -0.05) is 36.4 Å². The third-order valence-electron chi connectivity index (χ3n) is 4.36. The molecule has 0 aliphatic carbocycles. The summed E-state index contributed by atoms with van der Waals surface area (Å²) in [7, 11) is 0. The van der Waals surface area contributed by atoms with Gasteiger partial charge < -0.3 is 10.0 Å². The summed E-state index contributed by atoms with van der Waals surface area (Å²) in [6.07, 6.45) is -0.427. The zero-order chi connectivity index (χ0) is 17.5. The van der Waals surface area contributed by atoms with Crippen molar-refractivity contribution in [3.05, 3.63) is 58.3 Å². The van der Waals surface area contributed by atoms with Crippen LogP contribution in [0.5, 0.6) is 0 Å². The van der Waals surface area contributed by atoms with E-state index in [9.17, 15) is 9.90 Å². The van der Waals surface area contributed by atoms with Gasteiger partial charge in [-0.05, 0) is 17.0 Å². The van der Waals surface area contributed by atoms with Gasteiger partial charge in [-0.3, -0.25) is 9.69 Å². The van der Waals surface area contributed by atoms with Crippen LogP contribution in [0, 0.1) is 0 Å². The van der Waals surface area contributed by atoms with E-state index < -0.39 is 6.10 Å². The third kappa shape index (κ3) is 5.57. The maximum atomic E-state index is 12.3. The van der Waals surface area contributed by atoms with Crippen LogP contribution in [0.1, 0.15) is 16.5 Å². The highest BCUT2D eigenvalue weighted by Gasteiger charge is 2.23. The maximum Gasteiger partial charge on any atom is 0.232 e. The van der Waals surface area contributed by atoms with Crippen LogP contribution < -0.4 is 0 Å². The van der Waals surface area contributed by atoms with E-state index in [4.69, 9.17) is 0 Å². The number of thiophene rings is 1. The standard InChI is InChI=1S/C19H24N2O2S2/c22-17(18-7-4-12-25-18)13-20-8-10-21(11-9-20)19(23)15-24-14-16-5-2-1-3-6-16/h1-7,12,17,22H,8-11,13-15H2/t17-/m1/s1. The molecule has 1 aliphatic heterocycles. The minimum Gasteiger partial charge on any atom is -0.386 e. The van der Waals surface area contributed by atoms with E-state index in [1.54, 1.807) is 23.1 Å². The van der Waals surface area contributed by atoms with E-state index >= 15 is 0 Å². The predicted molar refractivity (Wildman–Crippen MR) is 105 cm³/mol. The number of nitrogens with zero attached hydrogens (tertiary/aromatic N) is 2. The van der Waals surface area contributed by atoms with Gasteiger partial charge in [0.1, 0.15) is 6.10 Å². The van der Waals surface area contributed by atoms with Crippen LogP contribution in [0.2, 0.25) is 0 Å². The molecule has 2 aromatic rings. The predicted octanol–water partition coefficient (Wildman–Crippen LogP) is 2.86. The molecule has 4 nitrogen and oxygen atoms in total. The second-order valence-corrected chi connectivity index (χ2v) is 8.16.